The number of fused-ring (bicyclic) bond motifs is 1. The number of rotatable bonds is 10. The highest BCUT2D eigenvalue weighted by Gasteiger charge is 2.35. The van der Waals surface area contributed by atoms with E-state index in [1.54, 1.807) is 30.9 Å². The van der Waals surface area contributed by atoms with Gasteiger partial charge in [-0.2, -0.15) is 4.31 Å². The van der Waals surface area contributed by atoms with Gasteiger partial charge in [0.1, 0.15) is 0 Å². The summed E-state index contributed by atoms with van der Waals surface area (Å²) in [6, 6.07) is 16.6. The molecule has 0 radical (unpaired) electrons. The standard InChI is InChI=1S/C26H32N4O4S/c1-3-29(4-2)35(33,34)23-12-10-22(11-13-23)30-19-21(18-25(30)31)26(32)27-15-7-16-28-17-14-20-8-5-6-9-24(20)28/h5-6,8-14,17,21H,3-4,7,15-16,18-19H2,1-2H3,(H,27,32)/t21-/m1/s1. The van der Waals surface area contributed by atoms with Gasteiger partial charge in [0, 0.05) is 56.5 Å². The Balaban J connectivity index is 1.30. The molecule has 1 fully saturated rings. The molecule has 3 aromatic rings. The van der Waals surface area contributed by atoms with E-state index in [1.807, 2.05) is 12.1 Å². The Labute approximate surface area is 206 Å². The number of anilines is 1. The largest absolute Gasteiger partial charge is 0.356 e. The minimum absolute atomic E-state index is 0.126. The molecule has 1 saturated heterocycles. The summed E-state index contributed by atoms with van der Waals surface area (Å²) in [6.07, 6.45) is 2.99. The number of amides is 2. The van der Waals surface area contributed by atoms with Crippen LogP contribution in [0.5, 0.6) is 0 Å². The summed E-state index contributed by atoms with van der Waals surface area (Å²) in [5.74, 6) is -0.684. The van der Waals surface area contributed by atoms with Crippen LogP contribution in [-0.2, 0) is 26.2 Å². The summed E-state index contributed by atoms with van der Waals surface area (Å²) in [6.45, 7) is 6.00. The van der Waals surface area contributed by atoms with Crippen LogP contribution in [-0.4, -0.2) is 55.3 Å². The van der Waals surface area contributed by atoms with Gasteiger partial charge in [-0.15, -0.1) is 0 Å². The summed E-state index contributed by atoms with van der Waals surface area (Å²) in [4.78, 5) is 27.0. The van der Waals surface area contributed by atoms with Gasteiger partial charge in [0.15, 0.2) is 0 Å². The number of carbonyl (C=O) groups excluding carboxylic acids is 2. The molecule has 0 unspecified atom stereocenters. The van der Waals surface area contributed by atoms with Gasteiger partial charge in [-0.05, 0) is 48.2 Å². The number of nitrogens with zero attached hydrogens (tertiary/aromatic N) is 3. The number of hydrogen-bond acceptors (Lipinski definition) is 4. The van der Waals surface area contributed by atoms with Crippen molar-refractivity contribution in [1.29, 1.82) is 0 Å². The number of aryl methyl sites for hydroxylation is 1. The zero-order valence-corrected chi connectivity index (χ0v) is 21.0. The molecule has 1 N–H and O–H groups in total. The molecule has 35 heavy (non-hydrogen) atoms. The first kappa shape index (κ1) is 24.9. The smallest absolute Gasteiger partial charge is 0.243 e. The molecule has 1 atom stereocenters. The van der Waals surface area contributed by atoms with E-state index in [0.717, 1.165) is 13.0 Å². The maximum atomic E-state index is 12.7. The van der Waals surface area contributed by atoms with E-state index in [1.165, 1.54) is 27.3 Å². The zero-order valence-electron chi connectivity index (χ0n) is 20.2. The highest BCUT2D eigenvalue weighted by molar-refractivity contribution is 7.89. The van der Waals surface area contributed by atoms with Gasteiger partial charge in [-0.3, -0.25) is 9.59 Å². The number of aromatic nitrogens is 1. The lowest BCUT2D eigenvalue weighted by Crippen LogP contribution is -2.34. The van der Waals surface area contributed by atoms with Gasteiger partial charge in [-0.1, -0.05) is 32.0 Å². The van der Waals surface area contributed by atoms with E-state index in [2.05, 4.69) is 34.3 Å². The molecule has 186 valence electrons. The molecule has 1 aromatic heterocycles. The highest BCUT2D eigenvalue weighted by Crippen LogP contribution is 2.27. The van der Waals surface area contributed by atoms with Crippen LogP contribution < -0.4 is 10.2 Å². The quantitative estimate of drug-likeness (QED) is 0.436. The number of nitrogens with one attached hydrogen (secondary N) is 1. The fourth-order valence-electron chi connectivity index (χ4n) is 4.58. The Morgan fingerprint density at radius 3 is 2.49 bits per heavy atom. The van der Waals surface area contributed by atoms with Crippen LogP contribution in [0.3, 0.4) is 0 Å². The lowest BCUT2D eigenvalue weighted by Gasteiger charge is -2.20. The molecule has 2 aromatic carbocycles. The van der Waals surface area contributed by atoms with Crippen molar-refractivity contribution < 1.29 is 18.0 Å². The van der Waals surface area contributed by atoms with Crippen molar-refractivity contribution in [3.05, 3.63) is 60.8 Å². The monoisotopic (exact) mass is 496 g/mol. The Hall–Kier alpha value is -3.17. The Morgan fingerprint density at radius 2 is 1.77 bits per heavy atom. The number of carbonyl (C=O) groups is 2. The Kier molecular flexibility index (Phi) is 7.57. The van der Waals surface area contributed by atoms with Crippen molar-refractivity contribution >= 4 is 38.4 Å². The summed E-state index contributed by atoms with van der Waals surface area (Å²) in [7, 11) is -3.56. The zero-order chi connectivity index (χ0) is 25.0. The number of benzene rings is 2. The third-order valence-corrected chi connectivity index (χ3v) is 8.61. The second-order valence-corrected chi connectivity index (χ2v) is 10.6. The molecule has 9 heteroatoms. The van der Waals surface area contributed by atoms with E-state index in [-0.39, 0.29) is 29.7 Å². The highest BCUT2D eigenvalue weighted by atomic mass is 32.2. The van der Waals surface area contributed by atoms with Crippen molar-refractivity contribution in [1.82, 2.24) is 14.2 Å². The van der Waals surface area contributed by atoms with E-state index >= 15 is 0 Å². The summed E-state index contributed by atoms with van der Waals surface area (Å²) in [5, 5.41) is 4.16. The minimum Gasteiger partial charge on any atom is -0.356 e. The summed E-state index contributed by atoms with van der Waals surface area (Å²) < 4.78 is 28.9. The lowest BCUT2D eigenvalue weighted by molar-refractivity contribution is -0.126. The van der Waals surface area contributed by atoms with E-state index in [0.29, 0.717) is 25.3 Å². The molecule has 0 spiro atoms. The average molecular weight is 497 g/mol. The topological polar surface area (TPSA) is 91.7 Å². The Bertz CT molecular complexity index is 1300. The van der Waals surface area contributed by atoms with Gasteiger partial charge in [-0.25, -0.2) is 8.42 Å². The van der Waals surface area contributed by atoms with E-state index < -0.39 is 15.9 Å². The number of sulfonamides is 1. The van der Waals surface area contributed by atoms with Crippen molar-refractivity contribution in [3.63, 3.8) is 0 Å². The predicted octanol–water partition coefficient (Wildman–Crippen LogP) is 3.23. The first-order chi connectivity index (χ1) is 16.8. The van der Waals surface area contributed by atoms with E-state index in [4.69, 9.17) is 0 Å². The third-order valence-electron chi connectivity index (χ3n) is 6.54. The van der Waals surface area contributed by atoms with Gasteiger partial charge in [0.2, 0.25) is 21.8 Å². The first-order valence-corrected chi connectivity index (χ1v) is 13.5. The van der Waals surface area contributed by atoms with Gasteiger partial charge in [0.25, 0.3) is 0 Å². The SMILES string of the molecule is CCN(CC)S(=O)(=O)c1ccc(N2C[C@H](C(=O)NCCCn3ccc4ccccc43)CC2=O)cc1. The molecular weight excluding hydrogens is 464 g/mol. The maximum absolute atomic E-state index is 12.7. The maximum Gasteiger partial charge on any atom is 0.243 e. The van der Waals surface area contributed by atoms with Crippen LogP contribution in [0.15, 0.2) is 65.7 Å². The van der Waals surface area contributed by atoms with Crippen LogP contribution in [0.1, 0.15) is 26.7 Å². The number of hydrogen-bond donors (Lipinski definition) is 1. The molecule has 4 rings (SSSR count). The van der Waals surface area contributed by atoms with Crippen LogP contribution in [0.2, 0.25) is 0 Å². The molecule has 1 aliphatic heterocycles. The first-order valence-electron chi connectivity index (χ1n) is 12.1. The molecule has 1 aliphatic rings. The molecule has 2 heterocycles. The molecule has 8 nitrogen and oxygen atoms in total. The van der Waals surface area contributed by atoms with E-state index in [9.17, 15) is 18.0 Å². The number of para-hydroxylation sites is 1. The molecular formula is C26H32N4O4S. The van der Waals surface area contributed by atoms with Crippen molar-refractivity contribution in [2.75, 3.05) is 31.1 Å². The normalized spacial score (nSPS) is 16.4. The minimum atomic E-state index is -3.56. The lowest BCUT2D eigenvalue weighted by atomic mass is 10.1. The molecule has 0 saturated carbocycles. The van der Waals surface area contributed by atoms with Gasteiger partial charge < -0.3 is 14.8 Å². The van der Waals surface area contributed by atoms with Gasteiger partial charge in [0.05, 0.1) is 10.8 Å². The molecule has 0 aliphatic carbocycles. The second kappa shape index (κ2) is 10.6. The third kappa shape index (κ3) is 5.26. The van der Waals surface area contributed by atoms with Crippen molar-refractivity contribution in [2.45, 2.75) is 38.1 Å². The Morgan fingerprint density at radius 1 is 1.06 bits per heavy atom. The average Bonchev–Trinajstić information content (AvgIpc) is 3.46. The van der Waals surface area contributed by atoms with Gasteiger partial charge >= 0.3 is 0 Å². The van der Waals surface area contributed by atoms with Crippen molar-refractivity contribution in [3.8, 4) is 0 Å². The fraction of sp³-hybridized carbons (Fsp3) is 0.385. The van der Waals surface area contributed by atoms with Crippen LogP contribution >= 0.6 is 0 Å². The van der Waals surface area contributed by atoms with Crippen LogP contribution in [0.25, 0.3) is 10.9 Å². The van der Waals surface area contributed by atoms with Crippen LogP contribution in [0.4, 0.5) is 5.69 Å². The fourth-order valence-corrected chi connectivity index (χ4v) is 6.04. The summed E-state index contributed by atoms with van der Waals surface area (Å²) in [5.41, 5.74) is 1.77. The summed E-state index contributed by atoms with van der Waals surface area (Å²) >= 11 is 0. The molecule has 2 amide bonds. The predicted molar refractivity (Wildman–Crippen MR) is 137 cm³/mol. The second-order valence-electron chi connectivity index (χ2n) is 8.70. The van der Waals surface area contributed by atoms with Crippen molar-refractivity contribution in [2.24, 2.45) is 5.92 Å². The van der Waals surface area contributed by atoms with Crippen LogP contribution in [0, 0.1) is 5.92 Å². The molecule has 0 bridgehead atoms.